The van der Waals surface area contributed by atoms with Crippen LogP contribution >= 0.6 is 11.6 Å². The molecule has 32 heavy (non-hydrogen) atoms. The predicted octanol–water partition coefficient (Wildman–Crippen LogP) is 4.60. The molecule has 3 aromatic heterocycles. The molecule has 0 saturated carbocycles. The molecule has 0 radical (unpaired) electrons. The summed E-state index contributed by atoms with van der Waals surface area (Å²) < 4.78 is 26.6. The lowest BCUT2D eigenvalue weighted by Crippen LogP contribution is -2.11. The Balaban J connectivity index is 1.81. The molecule has 0 atom stereocenters. The number of ether oxygens (including phenoxy) is 1. The normalized spacial score (nSPS) is 11.4. The highest BCUT2D eigenvalue weighted by molar-refractivity contribution is 6.32. The highest BCUT2D eigenvalue weighted by Crippen LogP contribution is 2.35. The van der Waals surface area contributed by atoms with E-state index in [2.05, 4.69) is 4.98 Å². The van der Waals surface area contributed by atoms with E-state index in [0.717, 1.165) is 0 Å². The molecule has 5 rings (SSSR count). The molecule has 0 bridgehead atoms. The zero-order valence-electron chi connectivity index (χ0n) is 16.3. The molecular weight excluding hydrogens is 439 g/mol. The van der Waals surface area contributed by atoms with Crippen molar-refractivity contribution in [1.29, 1.82) is 0 Å². The number of carboxylic acids is 1. The fourth-order valence-corrected chi connectivity index (χ4v) is 3.99. The van der Waals surface area contributed by atoms with Crippen LogP contribution in [0.2, 0.25) is 5.02 Å². The molecule has 2 aromatic carbocycles. The summed E-state index contributed by atoms with van der Waals surface area (Å²) in [5.74, 6) is -1.53. The zero-order valence-corrected chi connectivity index (χ0v) is 17.1. The largest absolute Gasteiger partial charge is 0.479 e. The molecule has 0 spiro atoms. The highest BCUT2D eigenvalue weighted by atomic mass is 35.5. The molecule has 0 saturated heterocycles. The molecule has 9 heteroatoms. The summed E-state index contributed by atoms with van der Waals surface area (Å²) in [6, 6.07) is 14.7. The Bertz CT molecular complexity index is 1590. The van der Waals surface area contributed by atoms with Crippen molar-refractivity contribution < 1.29 is 23.4 Å². The predicted molar refractivity (Wildman–Crippen MR) is 117 cm³/mol. The van der Waals surface area contributed by atoms with Crippen LogP contribution in [0.3, 0.4) is 0 Å². The maximum absolute atomic E-state index is 14.4. The van der Waals surface area contributed by atoms with Crippen LogP contribution in [-0.4, -0.2) is 27.2 Å². The van der Waals surface area contributed by atoms with E-state index < -0.39 is 18.2 Å². The number of carboxylic acid groups (broad SMARTS) is 1. The highest BCUT2D eigenvalue weighted by Gasteiger charge is 2.20. The topological polar surface area (TPSA) is 94.6 Å². The van der Waals surface area contributed by atoms with E-state index in [1.807, 2.05) is 0 Å². The lowest BCUT2D eigenvalue weighted by molar-refractivity contribution is -0.139. The molecule has 160 valence electrons. The second-order valence-corrected chi connectivity index (χ2v) is 7.57. The van der Waals surface area contributed by atoms with E-state index in [-0.39, 0.29) is 29.5 Å². The summed E-state index contributed by atoms with van der Waals surface area (Å²) in [5.41, 5.74) is 0.670. The van der Waals surface area contributed by atoms with Crippen LogP contribution in [0, 0.1) is 5.82 Å². The zero-order chi connectivity index (χ0) is 22.4. The van der Waals surface area contributed by atoms with Crippen molar-refractivity contribution in [2.75, 3.05) is 6.61 Å². The van der Waals surface area contributed by atoms with E-state index in [1.54, 1.807) is 47.0 Å². The van der Waals surface area contributed by atoms with E-state index in [4.69, 9.17) is 25.9 Å². The SMILES string of the molecule is O=C(O)COc1ccc2c(n1)oc(=O)c1c2c2cc(Cl)ccc2n1Cc1ccccc1F. The van der Waals surface area contributed by atoms with Gasteiger partial charge in [-0.15, -0.1) is 0 Å². The number of aromatic nitrogens is 2. The number of pyridine rings is 1. The minimum absolute atomic E-state index is 0.00435. The quantitative estimate of drug-likeness (QED) is 0.419. The Morgan fingerprint density at radius 2 is 1.97 bits per heavy atom. The van der Waals surface area contributed by atoms with Gasteiger partial charge < -0.3 is 18.8 Å². The average molecular weight is 453 g/mol. The molecular formula is C23H14ClFN2O5. The third-order valence-electron chi connectivity index (χ3n) is 5.14. The first-order chi connectivity index (χ1) is 15.4. The lowest BCUT2D eigenvalue weighted by atomic mass is 10.1. The van der Waals surface area contributed by atoms with Crippen LogP contribution in [-0.2, 0) is 11.3 Å². The second-order valence-electron chi connectivity index (χ2n) is 7.14. The summed E-state index contributed by atoms with van der Waals surface area (Å²) in [6.45, 7) is -0.472. The first-order valence-corrected chi connectivity index (χ1v) is 9.93. The van der Waals surface area contributed by atoms with E-state index in [0.29, 0.717) is 32.3 Å². The summed E-state index contributed by atoms with van der Waals surface area (Å²) in [7, 11) is 0. The number of nitrogens with zero attached hydrogens (tertiary/aromatic N) is 2. The number of hydrogen-bond donors (Lipinski definition) is 1. The van der Waals surface area contributed by atoms with Crippen molar-refractivity contribution in [3.63, 3.8) is 0 Å². The Labute approximate surface area is 184 Å². The molecule has 0 unspecified atom stereocenters. The van der Waals surface area contributed by atoms with E-state index in [9.17, 15) is 14.0 Å². The summed E-state index contributed by atoms with van der Waals surface area (Å²) in [5, 5.41) is 11.0. The van der Waals surface area contributed by atoms with Gasteiger partial charge in [0.2, 0.25) is 11.6 Å². The third kappa shape index (κ3) is 3.34. The van der Waals surface area contributed by atoms with Gasteiger partial charge in [0, 0.05) is 38.3 Å². The monoisotopic (exact) mass is 452 g/mol. The number of rotatable bonds is 5. The van der Waals surface area contributed by atoms with Gasteiger partial charge in [0.1, 0.15) is 11.3 Å². The molecule has 1 N–H and O–H groups in total. The number of fused-ring (bicyclic) bond motifs is 5. The van der Waals surface area contributed by atoms with E-state index in [1.165, 1.54) is 12.1 Å². The maximum atomic E-state index is 14.4. The molecule has 7 nitrogen and oxygen atoms in total. The Hall–Kier alpha value is -3.91. The fraction of sp³-hybridized carbons (Fsp3) is 0.0870. The first-order valence-electron chi connectivity index (χ1n) is 9.55. The van der Waals surface area contributed by atoms with Crippen LogP contribution in [0.15, 0.2) is 63.8 Å². The number of aliphatic carboxylic acids is 1. The van der Waals surface area contributed by atoms with Gasteiger partial charge in [0.15, 0.2) is 6.61 Å². The molecule has 0 fully saturated rings. The van der Waals surface area contributed by atoms with Gasteiger partial charge in [-0.1, -0.05) is 29.8 Å². The third-order valence-corrected chi connectivity index (χ3v) is 5.38. The molecule has 0 amide bonds. The van der Waals surface area contributed by atoms with Gasteiger partial charge in [-0.25, -0.2) is 14.0 Å². The van der Waals surface area contributed by atoms with Crippen LogP contribution in [0.4, 0.5) is 4.39 Å². The Morgan fingerprint density at radius 1 is 1.16 bits per heavy atom. The molecule has 3 heterocycles. The summed E-state index contributed by atoms with van der Waals surface area (Å²) >= 11 is 6.24. The maximum Gasteiger partial charge on any atom is 0.362 e. The van der Waals surface area contributed by atoms with Gasteiger partial charge in [-0.2, -0.15) is 4.98 Å². The van der Waals surface area contributed by atoms with Crippen molar-refractivity contribution in [3.8, 4) is 5.88 Å². The van der Waals surface area contributed by atoms with Crippen molar-refractivity contribution in [1.82, 2.24) is 9.55 Å². The summed E-state index contributed by atoms with van der Waals surface area (Å²) in [4.78, 5) is 27.9. The Kier molecular flexibility index (Phi) is 4.79. The Morgan fingerprint density at radius 3 is 2.75 bits per heavy atom. The standard InChI is InChI=1S/C23H14ClFN2O5/c24-13-5-7-17-15(9-13)20-14-6-8-18(31-11-19(28)29)26-22(14)32-23(30)21(20)27(17)10-12-3-1-2-4-16(12)25/h1-9H,10-11H2,(H,28,29). The number of benzene rings is 2. The lowest BCUT2D eigenvalue weighted by Gasteiger charge is -2.08. The van der Waals surface area contributed by atoms with Crippen molar-refractivity contribution >= 4 is 50.5 Å². The molecule has 0 aliphatic carbocycles. The second kappa shape index (κ2) is 7.65. The molecule has 5 aromatic rings. The molecule has 0 aliphatic heterocycles. The van der Waals surface area contributed by atoms with Crippen molar-refractivity contribution in [3.05, 3.63) is 81.4 Å². The van der Waals surface area contributed by atoms with Gasteiger partial charge in [-0.05, 0) is 30.3 Å². The van der Waals surface area contributed by atoms with Gasteiger partial charge >= 0.3 is 11.6 Å². The van der Waals surface area contributed by atoms with Crippen molar-refractivity contribution in [2.24, 2.45) is 0 Å². The van der Waals surface area contributed by atoms with Crippen molar-refractivity contribution in [2.45, 2.75) is 6.54 Å². The average Bonchev–Trinajstić information content (AvgIpc) is 3.08. The van der Waals surface area contributed by atoms with Crippen LogP contribution in [0.1, 0.15) is 5.56 Å². The van der Waals surface area contributed by atoms with Gasteiger partial charge in [-0.3, -0.25) is 0 Å². The minimum Gasteiger partial charge on any atom is -0.479 e. The smallest absolute Gasteiger partial charge is 0.362 e. The van der Waals surface area contributed by atoms with E-state index >= 15 is 0 Å². The van der Waals surface area contributed by atoms with Crippen LogP contribution < -0.4 is 10.4 Å². The fourth-order valence-electron chi connectivity index (χ4n) is 3.82. The van der Waals surface area contributed by atoms with Crippen LogP contribution in [0.5, 0.6) is 5.88 Å². The summed E-state index contributed by atoms with van der Waals surface area (Å²) in [6.07, 6.45) is 0. The number of carbonyl (C=O) groups is 1. The number of hydrogen-bond acceptors (Lipinski definition) is 5. The molecule has 0 aliphatic rings. The van der Waals surface area contributed by atoms with Gasteiger partial charge in [0.05, 0.1) is 6.54 Å². The number of halogens is 2. The van der Waals surface area contributed by atoms with Crippen LogP contribution in [0.25, 0.3) is 32.9 Å². The van der Waals surface area contributed by atoms with Gasteiger partial charge in [0.25, 0.3) is 0 Å². The first kappa shape index (κ1) is 20.0. The minimum atomic E-state index is -1.16.